The Bertz CT molecular complexity index is 1240. The number of aryl methyl sites for hydroxylation is 1. The van der Waals surface area contributed by atoms with Crippen LogP contribution in [0.1, 0.15) is 26.7 Å². The highest BCUT2D eigenvalue weighted by atomic mass is 16.3. The van der Waals surface area contributed by atoms with E-state index in [-0.39, 0.29) is 23.0 Å². The van der Waals surface area contributed by atoms with Gasteiger partial charge in [0.15, 0.2) is 11.4 Å². The minimum Gasteiger partial charge on any atom is -0.444 e. The van der Waals surface area contributed by atoms with Crippen molar-refractivity contribution in [2.75, 3.05) is 11.1 Å². The monoisotopic (exact) mass is 403 g/mol. The van der Waals surface area contributed by atoms with Crippen molar-refractivity contribution < 1.29 is 14.0 Å². The molecule has 0 saturated heterocycles. The maximum absolute atomic E-state index is 12.6. The lowest BCUT2D eigenvalue weighted by Crippen LogP contribution is -2.18. The molecule has 0 atom stereocenters. The SMILES string of the molecule is Cc1cc(-c2nc(C(=O)Nc3cn(-c4ccc(N)cc4)nc3C(N)=O)co2)ccn1. The van der Waals surface area contributed by atoms with Crippen molar-refractivity contribution in [2.45, 2.75) is 6.92 Å². The summed E-state index contributed by atoms with van der Waals surface area (Å²) >= 11 is 0. The molecule has 10 nitrogen and oxygen atoms in total. The number of amides is 2. The van der Waals surface area contributed by atoms with Gasteiger partial charge in [-0.2, -0.15) is 5.10 Å². The molecule has 30 heavy (non-hydrogen) atoms. The number of anilines is 2. The molecule has 0 radical (unpaired) electrons. The lowest BCUT2D eigenvalue weighted by atomic mass is 10.2. The fourth-order valence-electron chi connectivity index (χ4n) is 2.78. The number of nitrogens with one attached hydrogen (secondary N) is 1. The number of pyridine rings is 1. The molecule has 3 heterocycles. The van der Waals surface area contributed by atoms with E-state index in [1.165, 1.54) is 17.1 Å². The third-order valence-corrected chi connectivity index (χ3v) is 4.23. The van der Waals surface area contributed by atoms with Crippen molar-refractivity contribution >= 4 is 23.2 Å². The summed E-state index contributed by atoms with van der Waals surface area (Å²) in [5, 5.41) is 6.76. The Morgan fingerprint density at radius 2 is 1.93 bits per heavy atom. The number of nitrogens with zero attached hydrogens (tertiary/aromatic N) is 4. The second kappa shape index (κ2) is 7.51. The van der Waals surface area contributed by atoms with Crippen molar-refractivity contribution in [3.63, 3.8) is 0 Å². The van der Waals surface area contributed by atoms with E-state index in [0.29, 0.717) is 16.9 Å². The first-order valence-electron chi connectivity index (χ1n) is 8.86. The van der Waals surface area contributed by atoms with Crippen LogP contribution in [-0.2, 0) is 0 Å². The average molecular weight is 403 g/mol. The largest absolute Gasteiger partial charge is 0.444 e. The van der Waals surface area contributed by atoms with Crippen LogP contribution in [0.2, 0.25) is 0 Å². The second-order valence-corrected chi connectivity index (χ2v) is 6.47. The van der Waals surface area contributed by atoms with E-state index in [0.717, 1.165) is 5.69 Å². The third kappa shape index (κ3) is 3.74. The number of primary amides is 1. The fraction of sp³-hybridized carbons (Fsp3) is 0.0500. The van der Waals surface area contributed by atoms with Gasteiger partial charge in [0, 0.05) is 23.1 Å². The summed E-state index contributed by atoms with van der Waals surface area (Å²) in [6, 6.07) is 10.3. The van der Waals surface area contributed by atoms with Gasteiger partial charge in [0.1, 0.15) is 6.26 Å². The van der Waals surface area contributed by atoms with Gasteiger partial charge in [-0.3, -0.25) is 14.6 Å². The van der Waals surface area contributed by atoms with Crippen molar-refractivity contribution in [1.29, 1.82) is 0 Å². The molecule has 1 aromatic carbocycles. The van der Waals surface area contributed by atoms with Crippen LogP contribution in [0.4, 0.5) is 11.4 Å². The maximum Gasteiger partial charge on any atom is 0.277 e. The highest BCUT2D eigenvalue weighted by molar-refractivity contribution is 6.07. The molecular formula is C20H17N7O3. The van der Waals surface area contributed by atoms with Crippen molar-refractivity contribution in [2.24, 2.45) is 5.73 Å². The zero-order valence-electron chi connectivity index (χ0n) is 15.9. The Morgan fingerprint density at radius 1 is 1.17 bits per heavy atom. The van der Waals surface area contributed by atoms with Gasteiger partial charge in [-0.15, -0.1) is 0 Å². The maximum atomic E-state index is 12.6. The van der Waals surface area contributed by atoms with Gasteiger partial charge in [-0.25, -0.2) is 9.67 Å². The second-order valence-electron chi connectivity index (χ2n) is 6.47. The highest BCUT2D eigenvalue weighted by Gasteiger charge is 2.20. The molecule has 0 fully saturated rings. The molecule has 0 spiro atoms. The van der Waals surface area contributed by atoms with Crippen LogP contribution in [0, 0.1) is 6.92 Å². The number of aromatic nitrogens is 4. The summed E-state index contributed by atoms with van der Waals surface area (Å²) in [7, 11) is 0. The van der Waals surface area contributed by atoms with E-state index in [1.807, 2.05) is 6.92 Å². The Balaban J connectivity index is 1.60. The Hall–Kier alpha value is -4.47. The lowest BCUT2D eigenvalue weighted by Gasteiger charge is -2.01. The topological polar surface area (TPSA) is 155 Å². The summed E-state index contributed by atoms with van der Waals surface area (Å²) in [5.74, 6) is -1.08. The fourth-order valence-corrected chi connectivity index (χ4v) is 2.78. The van der Waals surface area contributed by atoms with Gasteiger partial charge >= 0.3 is 0 Å². The van der Waals surface area contributed by atoms with Gasteiger partial charge in [0.25, 0.3) is 11.8 Å². The van der Waals surface area contributed by atoms with Crippen LogP contribution >= 0.6 is 0 Å². The molecule has 10 heteroatoms. The van der Waals surface area contributed by atoms with Gasteiger partial charge in [-0.05, 0) is 43.3 Å². The van der Waals surface area contributed by atoms with Crippen LogP contribution in [-0.4, -0.2) is 31.6 Å². The van der Waals surface area contributed by atoms with E-state index in [1.54, 1.807) is 42.6 Å². The molecule has 0 saturated carbocycles. The number of benzene rings is 1. The first kappa shape index (κ1) is 18.9. The zero-order chi connectivity index (χ0) is 21.3. The van der Waals surface area contributed by atoms with Crippen LogP contribution < -0.4 is 16.8 Å². The summed E-state index contributed by atoms with van der Waals surface area (Å²) in [5.41, 5.74) is 13.9. The van der Waals surface area contributed by atoms with Crippen molar-refractivity contribution in [3.8, 4) is 17.1 Å². The quantitative estimate of drug-likeness (QED) is 0.431. The van der Waals surface area contributed by atoms with E-state index < -0.39 is 11.8 Å². The first-order chi connectivity index (χ1) is 14.4. The van der Waals surface area contributed by atoms with Crippen molar-refractivity contribution in [3.05, 3.63) is 72.1 Å². The minimum absolute atomic E-state index is 0.0371. The van der Waals surface area contributed by atoms with E-state index >= 15 is 0 Å². The predicted octanol–water partition coefficient (Wildman–Crippen LogP) is 2.16. The van der Waals surface area contributed by atoms with Crippen LogP contribution in [0.5, 0.6) is 0 Å². The molecule has 3 aromatic heterocycles. The summed E-state index contributed by atoms with van der Waals surface area (Å²) in [6.45, 7) is 1.84. The number of nitrogens with two attached hydrogens (primary N) is 2. The van der Waals surface area contributed by atoms with Gasteiger partial charge in [0.2, 0.25) is 5.89 Å². The third-order valence-electron chi connectivity index (χ3n) is 4.23. The number of hydrogen-bond acceptors (Lipinski definition) is 7. The van der Waals surface area contributed by atoms with Crippen LogP contribution in [0.15, 0.2) is 59.5 Å². The molecule has 0 bridgehead atoms. The smallest absolute Gasteiger partial charge is 0.277 e. The van der Waals surface area contributed by atoms with Gasteiger partial charge < -0.3 is 21.2 Å². The number of carbonyl (C=O) groups is 2. The number of hydrogen-bond donors (Lipinski definition) is 3. The number of carbonyl (C=O) groups excluding carboxylic acids is 2. The molecule has 4 rings (SSSR count). The number of oxazole rings is 1. The van der Waals surface area contributed by atoms with Crippen LogP contribution in [0.25, 0.3) is 17.1 Å². The molecule has 0 aliphatic heterocycles. The average Bonchev–Trinajstić information content (AvgIpc) is 3.36. The lowest BCUT2D eigenvalue weighted by molar-refractivity contribution is 0.0996. The van der Waals surface area contributed by atoms with Gasteiger partial charge in [-0.1, -0.05) is 0 Å². The molecule has 2 amide bonds. The molecule has 0 aliphatic carbocycles. The van der Waals surface area contributed by atoms with Gasteiger partial charge in [0.05, 0.1) is 17.6 Å². The molecule has 0 unspecified atom stereocenters. The highest BCUT2D eigenvalue weighted by Crippen LogP contribution is 2.21. The molecule has 150 valence electrons. The molecule has 5 N–H and O–H groups in total. The molecular weight excluding hydrogens is 386 g/mol. The summed E-state index contributed by atoms with van der Waals surface area (Å²) in [4.78, 5) is 32.7. The Morgan fingerprint density at radius 3 is 2.63 bits per heavy atom. The van der Waals surface area contributed by atoms with E-state index in [9.17, 15) is 9.59 Å². The summed E-state index contributed by atoms with van der Waals surface area (Å²) < 4.78 is 6.82. The minimum atomic E-state index is -0.785. The predicted molar refractivity (Wildman–Crippen MR) is 109 cm³/mol. The standard InChI is InChI=1S/C20H17N7O3/c1-11-8-12(6-7-23-11)20-25-16(10-30-20)19(29)24-15-9-27(26-17(15)18(22)28)14-4-2-13(21)3-5-14/h2-10H,21H2,1H3,(H2,22,28)(H,24,29). The Kier molecular flexibility index (Phi) is 4.72. The van der Waals surface area contributed by atoms with E-state index in [2.05, 4.69) is 20.4 Å². The number of nitrogen functional groups attached to an aromatic ring is 1. The van der Waals surface area contributed by atoms with E-state index in [4.69, 9.17) is 15.9 Å². The Labute approximate surface area is 170 Å². The molecule has 4 aromatic rings. The number of rotatable bonds is 5. The molecule has 0 aliphatic rings. The normalized spacial score (nSPS) is 10.7. The zero-order valence-corrected chi connectivity index (χ0v) is 15.9. The summed E-state index contributed by atoms with van der Waals surface area (Å²) in [6.07, 6.45) is 4.34. The van der Waals surface area contributed by atoms with Crippen LogP contribution in [0.3, 0.4) is 0 Å². The van der Waals surface area contributed by atoms with Crippen molar-refractivity contribution in [1.82, 2.24) is 19.7 Å². The first-order valence-corrected chi connectivity index (χ1v) is 8.86.